The van der Waals surface area contributed by atoms with E-state index in [2.05, 4.69) is 219 Å². The second-order valence-electron chi connectivity index (χ2n) is 26.2. The molecular weight excluding hydrogens is 838 g/mol. The van der Waals surface area contributed by atoms with E-state index in [1.54, 1.807) is 10.8 Å². The first kappa shape index (κ1) is 44.2. The van der Waals surface area contributed by atoms with Crippen molar-refractivity contribution < 1.29 is 0 Å². The van der Waals surface area contributed by atoms with E-state index in [1.165, 1.54) is 136 Å². The van der Waals surface area contributed by atoms with E-state index in [-0.39, 0.29) is 39.3 Å². The van der Waals surface area contributed by atoms with Crippen molar-refractivity contribution in [2.24, 2.45) is 0 Å². The highest BCUT2D eigenvalue weighted by Gasteiger charge is 2.58. The number of anilines is 8. The Balaban J connectivity index is 1.22. The average Bonchev–Trinajstić information content (AvgIpc) is 3.51. The highest BCUT2D eigenvalue weighted by atomic mass is 28.3. The highest BCUT2D eigenvalue weighted by Crippen LogP contribution is 2.62. The zero-order chi connectivity index (χ0) is 47.7. The lowest BCUT2D eigenvalue weighted by molar-refractivity contribution is 0.195. The van der Waals surface area contributed by atoms with Crippen molar-refractivity contribution in [1.29, 1.82) is 0 Å². The Morgan fingerprint density at radius 2 is 0.985 bits per heavy atom. The molecule has 6 aliphatic rings. The number of hydrogen-bond acceptors (Lipinski definition) is 3. The first-order valence-corrected chi connectivity index (χ1v) is 29.8. The third-order valence-electron chi connectivity index (χ3n) is 19.3. The smallest absolute Gasteiger partial charge is 0.252 e. The first-order valence-electron chi connectivity index (χ1n) is 26.3. The number of nitrogens with zero attached hydrogens (tertiary/aromatic N) is 3. The standard InChI is InChI=1S/C63H74BN3Si/c1-58(2)31-32-59(3,4)46-35-42(25-27-45(46)58)66-54-40-48-47(60(5,6)33-34-61(48,7)8)39-51(54)64-50-23-17-18-24-53(50)65(41-21-15-14-16-22-41)55-36-43(37-56(66)57(55)64)67-52-28-26-44(68(11,12)13)38-49(52)62(9)29-19-20-30-63(62,67)10/h14-18,21-28,35-40H,19-20,29-34H2,1-13H3. The first-order chi connectivity index (χ1) is 32.1. The molecule has 0 amide bonds. The van der Waals surface area contributed by atoms with Gasteiger partial charge < -0.3 is 14.7 Å². The molecule has 0 N–H and O–H groups in total. The third kappa shape index (κ3) is 6.08. The molecule has 0 bridgehead atoms. The van der Waals surface area contributed by atoms with Crippen LogP contribution in [0, 0.1) is 0 Å². The van der Waals surface area contributed by atoms with Crippen LogP contribution in [0.4, 0.5) is 45.5 Å². The molecule has 3 nitrogen and oxygen atoms in total. The zero-order valence-corrected chi connectivity index (χ0v) is 44.5. The van der Waals surface area contributed by atoms with Gasteiger partial charge in [0, 0.05) is 50.9 Å². The monoisotopic (exact) mass is 912 g/mol. The van der Waals surface area contributed by atoms with Crippen LogP contribution in [0.25, 0.3) is 0 Å². The molecule has 6 aromatic rings. The Morgan fingerprint density at radius 3 is 1.65 bits per heavy atom. The number of benzene rings is 6. The Morgan fingerprint density at radius 1 is 0.412 bits per heavy atom. The van der Waals surface area contributed by atoms with Crippen LogP contribution >= 0.6 is 0 Å². The maximum absolute atomic E-state index is 2.86. The second-order valence-corrected chi connectivity index (χ2v) is 31.3. The van der Waals surface area contributed by atoms with E-state index in [9.17, 15) is 0 Å². The van der Waals surface area contributed by atoms with E-state index in [4.69, 9.17) is 0 Å². The van der Waals surface area contributed by atoms with Crippen molar-refractivity contribution in [1.82, 2.24) is 0 Å². The molecule has 3 aliphatic carbocycles. The molecule has 0 aromatic heterocycles. The van der Waals surface area contributed by atoms with Crippen LogP contribution < -0.4 is 36.3 Å². The molecule has 0 spiro atoms. The minimum absolute atomic E-state index is 0.0260. The molecule has 5 heteroatoms. The van der Waals surface area contributed by atoms with Gasteiger partial charge in [0.25, 0.3) is 6.71 Å². The molecule has 2 unspecified atom stereocenters. The predicted octanol–water partition coefficient (Wildman–Crippen LogP) is 14.8. The summed E-state index contributed by atoms with van der Waals surface area (Å²) in [5.74, 6) is 0. The summed E-state index contributed by atoms with van der Waals surface area (Å²) in [6.07, 6.45) is 9.67. The SMILES string of the molecule is CC1(C)CCC(C)(C)c2cc(N3c4cc5c(cc4B4c6ccccc6N(c6ccccc6)c6cc(N7c8ccc([Si](C)(C)C)cc8C8(C)CCCCC78C)cc3c64)C(C)(C)CCC5(C)C)ccc21. The van der Waals surface area contributed by atoms with Gasteiger partial charge in [0.15, 0.2) is 0 Å². The fourth-order valence-corrected chi connectivity index (χ4v) is 15.7. The average molecular weight is 912 g/mol. The largest absolute Gasteiger partial charge is 0.334 e. The second kappa shape index (κ2) is 14.3. The van der Waals surface area contributed by atoms with Crippen LogP contribution in [0.2, 0.25) is 19.6 Å². The van der Waals surface area contributed by atoms with Gasteiger partial charge in [-0.2, -0.15) is 0 Å². The number of rotatable bonds is 4. The van der Waals surface area contributed by atoms with Crippen LogP contribution in [0.5, 0.6) is 0 Å². The van der Waals surface area contributed by atoms with Crippen LogP contribution in [0.3, 0.4) is 0 Å². The van der Waals surface area contributed by atoms with Crippen LogP contribution in [0.15, 0.2) is 115 Å². The minimum atomic E-state index is -1.58. The molecule has 0 saturated heterocycles. The Bertz CT molecular complexity index is 3080. The molecule has 6 aromatic carbocycles. The van der Waals surface area contributed by atoms with Gasteiger partial charge in [0.05, 0.1) is 13.6 Å². The van der Waals surface area contributed by atoms with Crippen LogP contribution in [0.1, 0.15) is 148 Å². The molecule has 0 radical (unpaired) electrons. The van der Waals surface area contributed by atoms with E-state index >= 15 is 0 Å². The molecule has 1 saturated carbocycles. The predicted molar refractivity (Wildman–Crippen MR) is 297 cm³/mol. The van der Waals surface area contributed by atoms with Gasteiger partial charge in [0.1, 0.15) is 0 Å². The van der Waals surface area contributed by atoms with Crippen molar-refractivity contribution in [3.8, 4) is 0 Å². The Kier molecular flexibility index (Phi) is 9.30. The van der Waals surface area contributed by atoms with Crippen LogP contribution in [-0.2, 0) is 27.1 Å². The van der Waals surface area contributed by atoms with E-state index in [1.807, 2.05) is 0 Å². The summed E-state index contributed by atoms with van der Waals surface area (Å²) in [7, 11) is -1.58. The maximum Gasteiger partial charge on any atom is 0.252 e. The summed E-state index contributed by atoms with van der Waals surface area (Å²) in [5.41, 5.74) is 22.6. The molecule has 348 valence electrons. The van der Waals surface area contributed by atoms with Gasteiger partial charge in [-0.05, 0) is 166 Å². The van der Waals surface area contributed by atoms with Gasteiger partial charge in [-0.15, -0.1) is 0 Å². The fraction of sp³-hybridized carbons (Fsp3) is 0.429. The zero-order valence-electron chi connectivity index (χ0n) is 43.5. The summed E-state index contributed by atoms with van der Waals surface area (Å²) in [5, 5.41) is 1.57. The molecule has 1 fully saturated rings. The normalized spacial score (nSPS) is 24.2. The van der Waals surface area contributed by atoms with Gasteiger partial charge in [-0.1, -0.05) is 161 Å². The Hall–Kier alpha value is -5.00. The van der Waals surface area contributed by atoms with Crippen molar-refractivity contribution in [2.45, 2.75) is 173 Å². The minimum Gasteiger partial charge on any atom is -0.334 e. The lowest BCUT2D eigenvalue weighted by atomic mass is 9.33. The lowest BCUT2D eigenvalue weighted by Crippen LogP contribution is -2.62. The van der Waals surface area contributed by atoms with E-state index in [0.29, 0.717) is 0 Å². The van der Waals surface area contributed by atoms with Gasteiger partial charge in [0.2, 0.25) is 0 Å². The van der Waals surface area contributed by atoms with Gasteiger partial charge in [-0.3, -0.25) is 0 Å². The number of para-hydroxylation sites is 2. The van der Waals surface area contributed by atoms with E-state index in [0.717, 1.165) is 0 Å². The molecule has 2 atom stereocenters. The third-order valence-corrected chi connectivity index (χ3v) is 21.3. The Labute approximate surface area is 410 Å². The molecular formula is C63H74BN3Si. The van der Waals surface area contributed by atoms with Crippen molar-refractivity contribution in [3.05, 3.63) is 143 Å². The number of fused-ring (bicyclic) bond motifs is 9. The topological polar surface area (TPSA) is 9.72 Å². The van der Waals surface area contributed by atoms with E-state index < -0.39 is 8.07 Å². The summed E-state index contributed by atoms with van der Waals surface area (Å²) in [4.78, 5) is 8.24. The quantitative estimate of drug-likeness (QED) is 0.163. The fourth-order valence-electron chi connectivity index (χ4n) is 14.6. The summed E-state index contributed by atoms with van der Waals surface area (Å²) < 4.78 is 0. The lowest BCUT2D eigenvalue weighted by Gasteiger charge is -2.51. The highest BCUT2D eigenvalue weighted by molar-refractivity contribution is 7.00. The van der Waals surface area contributed by atoms with Crippen molar-refractivity contribution in [3.63, 3.8) is 0 Å². The molecule has 3 heterocycles. The summed E-state index contributed by atoms with van der Waals surface area (Å²) >= 11 is 0. The van der Waals surface area contributed by atoms with Gasteiger partial charge in [-0.25, -0.2) is 0 Å². The van der Waals surface area contributed by atoms with Crippen molar-refractivity contribution in [2.75, 3.05) is 14.7 Å². The summed E-state index contributed by atoms with van der Waals surface area (Å²) in [6, 6.07) is 46.6. The molecule has 3 aliphatic heterocycles. The molecule has 68 heavy (non-hydrogen) atoms. The maximum atomic E-state index is 2.86. The van der Waals surface area contributed by atoms with Crippen LogP contribution in [-0.4, -0.2) is 20.3 Å². The number of hydrogen-bond donors (Lipinski definition) is 0. The van der Waals surface area contributed by atoms with Crippen molar-refractivity contribution >= 4 is 81.9 Å². The molecule has 12 rings (SSSR count). The van der Waals surface area contributed by atoms with Gasteiger partial charge >= 0.3 is 0 Å². The summed E-state index contributed by atoms with van der Waals surface area (Å²) in [6.45, 7) is 32.8.